The summed E-state index contributed by atoms with van der Waals surface area (Å²) in [6.45, 7) is 0.376. The van der Waals surface area contributed by atoms with Gasteiger partial charge in [-0.05, 0) is 29.8 Å². The van der Waals surface area contributed by atoms with Gasteiger partial charge in [0.15, 0.2) is 0 Å². The molecule has 0 bridgehead atoms. The summed E-state index contributed by atoms with van der Waals surface area (Å²) in [6.07, 6.45) is 1.15. The number of fused-ring (bicyclic) bond motifs is 1. The van der Waals surface area contributed by atoms with Gasteiger partial charge in [0.1, 0.15) is 0 Å². The first-order valence-electron chi connectivity index (χ1n) is 7.73. The van der Waals surface area contributed by atoms with Crippen molar-refractivity contribution in [3.8, 4) is 0 Å². The second-order valence-electron chi connectivity index (χ2n) is 5.38. The van der Waals surface area contributed by atoms with E-state index in [-0.39, 0.29) is 5.91 Å². The van der Waals surface area contributed by atoms with E-state index in [1.807, 2.05) is 36.4 Å². The van der Waals surface area contributed by atoms with Crippen molar-refractivity contribution < 1.29 is 14.3 Å². The molecule has 0 aliphatic rings. The quantitative estimate of drug-likeness (QED) is 0.766. The van der Waals surface area contributed by atoms with Crippen LogP contribution in [-0.4, -0.2) is 24.1 Å². The average molecular weight is 335 g/mol. The summed E-state index contributed by atoms with van der Waals surface area (Å²) in [5.41, 5.74) is 2.76. The number of benzene rings is 2. The maximum Gasteiger partial charge on any atom is 0.411 e. The zero-order chi connectivity index (χ0) is 17.6. The molecule has 0 fully saturated rings. The minimum absolute atomic E-state index is 0.180. The molecule has 6 heteroatoms. The van der Waals surface area contributed by atoms with E-state index in [1.54, 1.807) is 24.4 Å². The zero-order valence-corrected chi connectivity index (χ0v) is 13.7. The standard InChI is InChI=1S/C19H17N3O3/c1-25-19(24)22-15-9-7-13(8-10-15)12-21-18(23)16-6-2-4-14-5-3-11-20-17(14)16/h2-11H,12H2,1H3,(H,21,23)(H,22,24). The van der Waals surface area contributed by atoms with E-state index in [0.29, 0.717) is 23.3 Å². The number of amides is 2. The number of ether oxygens (including phenoxy) is 1. The first kappa shape index (κ1) is 16.4. The third kappa shape index (κ3) is 3.92. The molecule has 1 aromatic heterocycles. The molecule has 0 saturated heterocycles. The third-order valence-corrected chi connectivity index (χ3v) is 3.72. The number of nitrogens with zero attached hydrogens (tertiary/aromatic N) is 1. The Balaban J connectivity index is 1.67. The van der Waals surface area contributed by atoms with E-state index in [0.717, 1.165) is 10.9 Å². The van der Waals surface area contributed by atoms with Crippen molar-refractivity contribution in [1.82, 2.24) is 10.3 Å². The van der Waals surface area contributed by atoms with Crippen LogP contribution in [-0.2, 0) is 11.3 Å². The van der Waals surface area contributed by atoms with Crippen LogP contribution in [0.25, 0.3) is 10.9 Å². The minimum Gasteiger partial charge on any atom is -0.453 e. The highest BCUT2D eigenvalue weighted by atomic mass is 16.5. The van der Waals surface area contributed by atoms with Gasteiger partial charge in [-0.15, -0.1) is 0 Å². The Labute approximate surface area is 144 Å². The Bertz CT molecular complexity index is 902. The normalized spacial score (nSPS) is 10.3. The minimum atomic E-state index is -0.524. The molecule has 25 heavy (non-hydrogen) atoms. The summed E-state index contributed by atoms with van der Waals surface area (Å²) in [5, 5.41) is 6.39. The largest absolute Gasteiger partial charge is 0.453 e. The van der Waals surface area contributed by atoms with E-state index >= 15 is 0 Å². The maximum atomic E-state index is 12.5. The number of anilines is 1. The number of nitrogens with one attached hydrogen (secondary N) is 2. The van der Waals surface area contributed by atoms with Crippen LogP contribution in [0.15, 0.2) is 60.8 Å². The monoisotopic (exact) mass is 335 g/mol. The number of carbonyl (C=O) groups excluding carboxylic acids is 2. The smallest absolute Gasteiger partial charge is 0.411 e. The summed E-state index contributed by atoms with van der Waals surface area (Å²) < 4.78 is 4.53. The number of aromatic nitrogens is 1. The lowest BCUT2D eigenvalue weighted by Crippen LogP contribution is -2.23. The first-order chi connectivity index (χ1) is 12.2. The van der Waals surface area contributed by atoms with Gasteiger partial charge in [-0.2, -0.15) is 0 Å². The number of hydrogen-bond donors (Lipinski definition) is 2. The van der Waals surface area contributed by atoms with Gasteiger partial charge in [-0.25, -0.2) is 4.79 Å². The van der Waals surface area contributed by atoms with Gasteiger partial charge < -0.3 is 10.1 Å². The molecular weight excluding hydrogens is 318 g/mol. The second-order valence-corrected chi connectivity index (χ2v) is 5.38. The van der Waals surface area contributed by atoms with Crippen molar-refractivity contribution in [2.45, 2.75) is 6.54 Å². The molecular formula is C19H17N3O3. The van der Waals surface area contributed by atoms with Gasteiger partial charge in [0, 0.05) is 23.8 Å². The number of carbonyl (C=O) groups is 2. The number of rotatable bonds is 4. The van der Waals surface area contributed by atoms with Crippen molar-refractivity contribution in [2.24, 2.45) is 0 Å². The van der Waals surface area contributed by atoms with Crippen LogP contribution < -0.4 is 10.6 Å². The lowest BCUT2D eigenvalue weighted by molar-refractivity contribution is 0.0952. The maximum absolute atomic E-state index is 12.5. The van der Waals surface area contributed by atoms with Gasteiger partial charge in [-0.3, -0.25) is 15.1 Å². The molecule has 3 rings (SSSR count). The Morgan fingerprint density at radius 3 is 2.56 bits per heavy atom. The summed E-state index contributed by atoms with van der Waals surface area (Å²) >= 11 is 0. The van der Waals surface area contributed by atoms with Crippen molar-refractivity contribution in [3.63, 3.8) is 0 Å². The summed E-state index contributed by atoms with van der Waals surface area (Å²) in [6, 6.07) is 16.4. The molecule has 0 unspecified atom stereocenters. The number of methoxy groups -OCH3 is 1. The molecule has 126 valence electrons. The highest BCUT2D eigenvalue weighted by Gasteiger charge is 2.10. The van der Waals surface area contributed by atoms with E-state index in [2.05, 4.69) is 20.4 Å². The van der Waals surface area contributed by atoms with E-state index < -0.39 is 6.09 Å². The second kappa shape index (κ2) is 7.44. The van der Waals surface area contributed by atoms with Crippen molar-refractivity contribution in [2.75, 3.05) is 12.4 Å². The highest BCUT2D eigenvalue weighted by Crippen LogP contribution is 2.16. The van der Waals surface area contributed by atoms with Crippen molar-refractivity contribution >= 4 is 28.6 Å². The molecule has 0 aliphatic heterocycles. The van der Waals surface area contributed by atoms with Gasteiger partial charge in [0.2, 0.25) is 0 Å². The van der Waals surface area contributed by atoms with Gasteiger partial charge in [-0.1, -0.05) is 30.3 Å². The Kier molecular flexibility index (Phi) is 4.89. The predicted octanol–water partition coefficient (Wildman–Crippen LogP) is 3.34. The molecule has 3 aromatic rings. The van der Waals surface area contributed by atoms with Crippen LogP contribution >= 0.6 is 0 Å². The van der Waals surface area contributed by atoms with Gasteiger partial charge >= 0.3 is 6.09 Å². The molecule has 0 radical (unpaired) electrons. The van der Waals surface area contributed by atoms with E-state index in [1.165, 1.54) is 7.11 Å². The van der Waals surface area contributed by atoms with Gasteiger partial charge in [0.25, 0.3) is 5.91 Å². The number of para-hydroxylation sites is 1. The summed E-state index contributed by atoms with van der Waals surface area (Å²) in [5.74, 6) is -0.180. The lowest BCUT2D eigenvalue weighted by atomic mass is 10.1. The molecule has 0 aliphatic carbocycles. The molecule has 2 N–H and O–H groups in total. The summed E-state index contributed by atoms with van der Waals surface area (Å²) in [7, 11) is 1.31. The fraction of sp³-hybridized carbons (Fsp3) is 0.105. The van der Waals surface area contributed by atoms with Crippen LogP contribution in [0, 0.1) is 0 Å². The average Bonchev–Trinajstić information content (AvgIpc) is 2.66. The van der Waals surface area contributed by atoms with Crippen LogP contribution in [0.2, 0.25) is 0 Å². The number of pyridine rings is 1. The molecule has 0 atom stereocenters. The molecule has 0 saturated carbocycles. The molecule has 0 spiro atoms. The van der Waals surface area contributed by atoms with Crippen LogP contribution in [0.4, 0.5) is 10.5 Å². The Morgan fingerprint density at radius 2 is 1.80 bits per heavy atom. The summed E-state index contributed by atoms with van der Waals surface area (Å²) in [4.78, 5) is 27.9. The van der Waals surface area contributed by atoms with Crippen LogP contribution in [0.3, 0.4) is 0 Å². The van der Waals surface area contributed by atoms with E-state index in [4.69, 9.17) is 0 Å². The van der Waals surface area contributed by atoms with Gasteiger partial charge in [0.05, 0.1) is 18.2 Å². The molecule has 2 aromatic carbocycles. The number of hydrogen-bond acceptors (Lipinski definition) is 4. The Hall–Kier alpha value is -3.41. The van der Waals surface area contributed by atoms with Crippen molar-refractivity contribution in [3.05, 3.63) is 71.9 Å². The highest BCUT2D eigenvalue weighted by molar-refractivity contribution is 6.05. The Morgan fingerprint density at radius 1 is 1.04 bits per heavy atom. The third-order valence-electron chi connectivity index (χ3n) is 3.72. The van der Waals surface area contributed by atoms with Crippen molar-refractivity contribution in [1.29, 1.82) is 0 Å². The molecule has 1 heterocycles. The SMILES string of the molecule is COC(=O)Nc1ccc(CNC(=O)c2cccc3cccnc23)cc1. The first-order valence-corrected chi connectivity index (χ1v) is 7.73. The fourth-order valence-electron chi connectivity index (χ4n) is 2.44. The lowest BCUT2D eigenvalue weighted by Gasteiger charge is -2.08. The molecule has 2 amide bonds. The zero-order valence-electron chi connectivity index (χ0n) is 13.7. The van der Waals surface area contributed by atoms with E-state index in [9.17, 15) is 9.59 Å². The van der Waals surface area contributed by atoms with Crippen LogP contribution in [0.1, 0.15) is 15.9 Å². The molecule has 6 nitrogen and oxygen atoms in total. The van der Waals surface area contributed by atoms with Crippen LogP contribution in [0.5, 0.6) is 0 Å². The predicted molar refractivity (Wildman–Crippen MR) is 95.4 cm³/mol. The topological polar surface area (TPSA) is 80.3 Å². The fourth-order valence-corrected chi connectivity index (χ4v) is 2.44.